The topological polar surface area (TPSA) is 39.4 Å². The Morgan fingerprint density at radius 3 is 2.83 bits per heavy atom. The number of ether oxygens (including phenoxy) is 1. The smallest absolute Gasteiger partial charge is 0.310 e. The maximum absolute atomic E-state index is 12.0. The lowest BCUT2D eigenvalue weighted by Crippen LogP contribution is -2.40. The third-order valence-corrected chi connectivity index (χ3v) is 5.01. The Morgan fingerprint density at radius 2 is 2.09 bits per heavy atom. The van der Waals surface area contributed by atoms with Gasteiger partial charge in [-0.05, 0) is 50.7 Å². The fraction of sp³-hybridized carbons (Fsp3) is 0.529. The molecule has 0 radical (unpaired) electrons. The molecule has 0 spiro atoms. The normalized spacial score (nSPS) is 19.1. The average Bonchev–Trinajstić information content (AvgIpc) is 2.81. The van der Waals surface area contributed by atoms with Crippen LogP contribution < -0.4 is 0 Å². The molecule has 1 fully saturated rings. The molecule has 6 heteroatoms. The Hall–Kier alpha value is -1.66. The van der Waals surface area contributed by atoms with Crippen molar-refractivity contribution >= 4 is 29.2 Å². The van der Waals surface area contributed by atoms with Crippen molar-refractivity contribution < 1.29 is 9.53 Å². The first kappa shape index (κ1) is 16.2. The molecule has 0 saturated carbocycles. The molecule has 3 rings (SSSR count). The number of likely N-dealkylation sites (tertiary alicyclic amines) is 1. The van der Waals surface area contributed by atoms with Crippen LogP contribution in [0, 0.1) is 10.7 Å². The first-order valence-corrected chi connectivity index (χ1v) is 8.56. The Balaban J connectivity index is 1.81. The fourth-order valence-electron chi connectivity index (χ4n) is 3.34. The highest BCUT2D eigenvalue weighted by atomic mass is 32.1. The molecule has 1 aliphatic rings. The zero-order chi connectivity index (χ0) is 16.4. The maximum atomic E-state index is 12.0. The molecule has 2 aromatic rings. The van der Waals surface area contributed by atoms with E-state index in [1.54, 1.807) is 0 Å². The number of rotatable bonds is 4. The molecule has 1 saturated heterocycles. The number of carbonyl (C=O) groups excluding carboxylic acids is 1. The van der Waals surface area contributed by atoms with Crippen molar-refractivity contribution in [1.29, 1.82) is 0 Å². The highest BCUT2D eigenvalue weighted by Crippen LogP contribution is 2.21. The second kappa shape index (κ2) is 6.84. The van der Waals surface area contributed by atoms with Crippen molar-refractivity contribution in [2.24, 2.45) is 13.0 Å². The number of carbonyl (C=O) groups is 1. The summed E-state index contributed by atoms with van der Waals surface area (Å²) in [5.74, 6) is -0.0911. The van der Waals surface area contributed by atoms with Crippen molar-refractivity contribution in [1.82, 2.24) is 14.0 Å². The number of imidazole rings is 1. The lowest BCUT2D eigenvalue weighted by Gasteiger charge is -2.31. The minimum atomic E-state index is -0.0706. The van der Waals surface area contributed by atoms with Gasteiger partial charge in [-0.15, -0.1) is 0 Å². The van der Waals surface area contributed by atoms with E-state index in [2.05, 4.69) is 21.6 Å². The van der Waals surface area contributed by atoms with E-state index in [9.17, 15) is 4.79 Å². The van der Waals surface area contributed by atoms with Crippen molar-refractivity contribution in [3.8, 4) is 0 Å². The van der Waals surface area contributed by atoms with Crippen molar-refractivity contribution in [3.63, 3.8) is 0 Å². The van der Waals surface area contributed by atoms with Gasteiger partial charge in [0.05, 0.1) is 30.2 Å². The van der Waals surface area contributed by atoms with Crippen molar-refractivity contribution in [2.75, 3.05) is 19.7 Å². The predicted octanol–water partition coefficient (Wildman–Crippen LogP) is 2.94. The van der Waals surface area contributed by atoms with E-state index >= 15 is 0 Å². The molecule has 5 nitrogen and oxygen atoms in total. The highest BCUT2D eigenvalue weighted by Gasteiger charge is 2.27. The first-order valence-electron chi connectivity index (χ1n) is 8.15. The first-order chi connectivity index (χ1) is 11.1. The number of esters is 1. The van der Waals surface area contributed by atoms with Crippen LogP contribution in [0.15, 0.2) is 24.3 Å². The lowest BCUT2D eigenvalue weighted by atomic mass is 9.98. The minimum absolute atomic E-state index is 0.0205. The van der Waals surface area contributed by atoms with Crippen LogP contribution in [0.25, 0.3) is 11.0 Å². The van der Waals surface area contributed by atoms with E-state index in [1.165, 1.54) is 0 Å². The number of nitrogens with zero attached hydrogens (tertiary/aromatic N) is 3. The summed E-state index contributed by atoms with van der Waals surface area (Å²) < 4.78 is 10.2. The largest absolute Gasteiger partial charge is 0.466 e. The maximum Gasteiger partial charge on any atom is 0.310 e. The highest BCUT2D eigenvalue weighted by molar-refractivity contribution is 7.71. The quantitative estimate of drug-likeness (QED) is 0.637. The van der Waals surface area contributed by atoms with Crippen LogP contribution in [0.5, 0.6) is 0 Å². The Kier molecular flexibility index (Phi) is 4.82. The SMILES string of the molecule is CCOC(=O)C1CCCN(Cn2c(=S)n(C)c3ccccc32)C1. The molecule has 1 aromatic carbocycles. The third kappa shape index (κ3) is 3.19. The van der Waals surface area contributed by atoms with Crippen LogP contribution in [0.3, 0.4) is 0 Å². The number of para-hydroxylation sites is 2. The van der Waals surface area contributed by atoms with E-state index in [4.69, 9.17) is 17.0 Å². The Labute approximate surface area is 141 Å². The van der Waals surface area contributed by atoms with Crippen LogP contribution >= 0.6 is 12.2 Å². The van der Waals surface area contributed by atoms with Gasteiger partial charge in [0.2, 0.25) is 0 Å². The fourth-order valence-corrected chi connectivity index (χ4v) is 3.59. The van der Waals surface area contributed by atoms with Crippen molar-refractivity contribution in [3.05, 3.63) is 29.0 Å². The molecular weight excluding hydrogens is 310 g/mol. The molecule has 1 aromatic heterocycles. The van der Waals surface area contributed by atoms with Crippen LogP contribution in [-0.2, 0) is 23.2 Å². The van der Waals surface area contributed by atoms with Crippen LogP contribution in [0.1, 0.15) is 19.8 Å². The second-order valence-corrected chi connectivity index (χ2v) is 6.43. The number of hydrogen-bond acceptors (Lipinski definition) is 4. The monoisotopic (exact) mass is 333 g/mol. The van der Waals surface area contributed by atoms with Gasteiger partial charge in [0, 0.05) is 13.6 Å². The van der Waals surface area contributed by atoms with Gasteiger partial charge in [0.25, 0.3) is 0 Å². The summed E-state index contributed by atoms with van der Waals surface area (Å²) in [5, 5.41) is 0. The van der Waals surface area contributed by atoms with E-state index in [-0.39, 0.29) is 11.9 Å². The minimum Gasteiger partial charge on any atom is -0.466 e. The van der Waals surface area contributed by atoms with Crippen LogP contribution in [0.2, 0.25) is 0 Å². The Morgan fingerprint density at radius 1 is 1.35 bits per heavy atom. The molecule has 2 heterocycles. The molecule has 0 N–H and O–H groups in total. The summed E-state index contributed by atoms with van der Waals surface area (Å²) in [6.07, 6.45) is 1.93. The van der Waals surface area contributed by atoms with Gasteiger partial charge in [0.1, 0.15) is 0 Å². The number of fused-ring (bicyclic) bond motifs is 1. The van der Waals surface area contributed by atoms with Crippen LogP contribution in [-0.4, -0.2) is 39.7 Å². The van der Waals surface area contributed by atoms with Gasteiger partial charge in [-0.3, -0.25) is 9.69 Å². The van der Waals surface area contributed by atoms with E-state index in [0.29, 0.717) is 6.61 Å². The summed E-state index contributed by atoms with van der Waals surface area (Å²) in [7, 11) is 2.00. The van der Waals surface area contributed by atoms with E-state index in [0.717, 1.165) is 48.4 Å². The van der Waals surface area contributed by atoms with E-state index in [1.807, 2.05) is 30.7 Å². The van der Waals surface area contributed by atoms with Gasteiger partial charge < -0.3 is 13.9 Å². The lowest BCUT2D eigenvalue weighted by molar-refractivity contribution is -0.150. The molecule has 1 atom stereocenters. The van der Waals surface area contributed by atoms with Gasteiger partial charge in [0.15, 0.2) is 4.77 Å². The van der Waals surface area contributed by atoms with Crippen molar-refractivity contribution in [2.45, 2.75) is 26.4 Å². The number of hydrogen-bond donors (Lipinski definition) is 0. The van der Waals surface area contributed by atoms with Gasteiger partial charge >= 0.3 is 5.97 Å². The van der Waals surface area contributed by atoms with Gasteiger partial charge in [-0.1, -0.05) is 12.1 Å². The zero-order valence-corrected chi connectivity index (χ0v) is 14.5. The second-order valence-electron chi connectivity index (χ2n) is 6.07. The number of benzene rings is 1. The zero-order valence-electron chi connectivity index (χ0n) is 13.7. The predicted molar refractivity (Wildman–Crippen MR) is 92.7 cm³/mol. The molecule has 0 aliphatic carbocycles. The van der Waals surface area contributed by atoms with Crippen LogP contribution in [0.4, 0.5) is 0 Å². The standard InChI is InChI=1S/C17H23N3O2S/c1-3-22-16(21)13-7-6-10-19(11-13)12-20-15-9-5-4-8-14(15)18(2)17(20)23/h4-5,8-9,13H,3,6-7,10-12H2,1-2H3. The molecule has 0 bridgehead atoms. The number of aromatic nitrogens is 2. The summed E-state index contributed by atoms with van der Waals surface area (Å²) in [5.41, 5.74) is 2.27. The Bertz CT molecular complexity index is 765. The molecule has 124 valence electrons. The third-order valence-electron chi connectivity index (χ3n) is 4.52. The molecule has 1 unspecified atom stereocenters. The summed E-state index contributed by atoms with van der Waals surface area (Å²) in [6.45, 7) is 4.75. The molecule has 0 amide bonds. The summed E-state index contributed by atoms with van der Waals surface area (Å²) >= 11 is 5.59. The molecule has 23 heavy (non-hydrogen) atoms. The molecule has 1 aliphatic heterocycles. The van der Waals surface area contributed by atoms with Gasteiger partial charge in [-0.25, -0.2) is 0 Å². The number of aryl methyl sites for hydroxylation is 1. The average molecular weight is 333 g/mol. The van der Waals surface area contributed by atoms with E-state index < -0.39 is 0 Å². The molecular formula is C17H23N3O2S. The summed E-state index contributed by atoms with van der Waals surface area (Å²) in [4.78, 5) is 14.3. The number of piperidine rings is 1. The summed E-state index contributed by atoms with van der Waals surface area (Å²) in [6, 6.07) is 8.24. The van der Waals surface area contributed by atoms with Gasteiger partial charge in [-0.2, -0.15) is 0 Å².